The number of hydrogen-bond donors (Lipinski definition) is 0. The molecule has 0 saturated carbocycles. The zero-order valence-corrected chi connectivity index (χ0v) is 7.73. The molecule has 0 spiro atoms. The highest BCUT2D eigenvalue weighted by atomic mass is 35.5. The lowest BCUT2D eigenvalue weighted by molar-refractivity contribution is 0.873. The lowest BCUT2D eigenvalue weighted by Gasteiger charge is -2.07. The van der Waals surface area contributed by atoms with Crippen LogP contribution < -0.4 is 0 Å². The molecule has 1 heteroatoms. The molecule has 0 aliphatic rings. The van der Waals surface area contributed by atoms with Crippen LogP contribution >= 0.6 is 11.6 Å². The third-order valence-electron chi connectivity index (χ3n) is 1.84. The van der Waals surface area contributed by atoms with Crippen molar-refractivity contribution in [2.24, 2.45) is 0 Å². The van der Waals surface area contributed by atoms with Gasteiger partial charge in [-0.15, -0.1) is 11.6 Å². The van der Waals surface area contributed by atoms with Gasteiger partial charge in [-0.1, -0.05) is 36.8 Å². The van der Waals surface area contributed by atoms with Crippen LogP contribution in [0.1, 0.15) is 24.0 Å². The first-order chi connectivity index (χ1) is 5.24. The van der Waals surface area contributed by atoms with Gasteiger partial charge in [-0.05, 0) is 18.4 Å². The average molecular weight is 169 g/mol. The molecule has 0 bridgehead atoms. The molecule has 1 aromatic carbocycles. The number of aryl methyl sites for hydroxylation is 1. The Balaban J connectivity index is 2.86. The summed E-state index contributed by atoms with van der Waals surface area (Å²) in [7, 11) is 0. The predicted octanol–water partition coefficient (Wildman–Crippen LogP) is 3.34. The summed E-state index contributed by atoms with van der Waals surface area (Å²) in [6, 6.07) is 8.49. The van der Waals surface area contributed by atoms with Crippen molar-refractivity contribution in [3.05, 3.63) is 35.4 Å². The minimum absolute atomic E-state index is 0.469. The van der Waals surface area contributed by atoms with Crippen molar-refractivity contribution in [1.29, 1.82) is 0 Å². The largest absolute Gasteiger partial charge is 0.126 e. The van der Waals surface area contributed by atoms with Gasteiger partial charge >= 0.3 is 0 Å². The van der Waals surface area contributed by atoms with Crippen LogP contribution in [0.5, 0.6) is 0 Å². The van der Waals surface area contributed by atoms with E-state index in [2.05, 4.69) is 38.1 Å². The first kappa shape index (κ1) is 8.61. The van der Waals surface area contributed by atoms with E-state index in [1.807, 2.05) is 0 Å². The van der Waals surface area contributed by atoms with Gasteiger partial charge in [-0.2, -0.15) is 0 Å². The molecule has 0 N–H and O–H groups in total. The second kappa shape index (κ2) is 3.77. The summed E-state index contributed by atoms with van der Waals surface area (Å²) in [6.45, 7) is 4.24. The van der Waals surface area contributed by atoms with E-state index in [-0.39, 0.29) is 0 Å². The summed E-state index contributed by atoms with van der Waals surface area (Å²) in [5.74, 6) is 1.17. The molecule has 1 unspecified atom stereocenters. The van der Waals surface area contributed by atoms with Gasteiger partial charge in [0.15, 0.2) is 0 Å². The first-order valence-corrected chi connectivity index (χ1v) is 4.40. The Morgan fingerprint density at radius 1 is 1.45 bits per heavy atom. The Morgan fingerprint density at radius 3 is 2.73 bits per heavy atom. The summed E-state index contributed by atoms with van der Waals surface area (Å²) in [4.78, 5) is 0. The van der Waals surface area contributed by atoms with Gasteiger partial charge in [0.1, 0.15) is 0 Å². The van der Waals surface area contributed by atoms with E-state index >= 15 is 0 Å². The molecule has 60 valence electrons. The van der Waals surface area contributed by atoms with E-state index in [1.165, 1.54) is 11.1 Å². The van der Waals surface area contributed by atoms with Gasteiger partial charge in [-0.25, -0.2) is 0 Å². The summed E-state index contributed by atoms with van der Waals surface area (Å²) in [5, 5.41) is 0. The van der Waals surface area contributed by atoms with Crippen molar-refractivity contribution in [3.8, 4) is 0 Å². The van der Waals surface area contributed by atoms with Crippen LogP contribution in [0.25, 0.3) is 0 Å². The zero-order chi connectivity index (χ0) is 8.27. The number of alkyl halides is 1. The second-order valence-electron chi connectivity index (χ2n) is 2.97. The van der Waals surface area contributed by atoms with Crippen LogP contribution in [0, 0.1) is 6.92 Å². The van der Waals surface area contributed by atoms with Gasteiger partial charge in [-0.3, -0.25) is 0 Å². The maximum Gasteiger partial charge on any atom is 0.0289 e. The summed E-state index contributed by atoms with van der Waals surface area (Å²) in [6.07, 6.45) is 0. The molecule has 0 saturated heterocycles. The number of rotatable bonds is 2. The van der Waals surface area contributed by atoms with Gasteiger partial charge < -0.3 is 0 Å². The van der Waals surface area contributed by atoms with Crippen molar-refractivity contribution >= 4 is 11.6 Å². The highest BCUT2D eigenvalue weighted by Crippen LogP contribution is 2.17. The van der Waals surface area contributed by atoms with E-state index in [0.717, 1.165) is 0 Å². The van der Waals surface area contributed by atoms with Gasteiger partial charge in [0, 0.05) is 5.88 Å². The molecule has 0 aromatic heterocycles. The van der Waals surface area contributed by atoms with E-state index in [0.29, 0.717) is 11.8 Å². The molecule has 0 heterocycles. The number of halogens is 1. The van der Waals surface area contributed by atoms with E-state index in [1.54, 1.807) is 0 Å². The Hall–Kier alpha value is -0.490. The molecule has 1 aromatic rings. The minimum atomic E-state index is 0.469. The molecule has 0 aliphatic carbocycles. The van der Waals surface area contributed by atoms with Crippen LogP contribution in [0.15, 0.2) is 24.3 Å². The molecule has 1 rings (SSSR count). The average Bonchev–Trinajstić information content (AvgIpc) is 2.03. The fraction of sp³-hybridized carbons (Fsp3) is 0.400. The van der Waals surface area contributed by atoms with Crippen molar-refractivity contribution in [2.45, 2.75) is 19.8 Å². The van der Waals surface area contributed by atoms with Crippen LogP contribution in [0.2, 0.25) is 0 Å². The highest BCUT2D eigenvalue weighted by Gasteiger charge is 2.01. The SMILES string of the molecule is Cc1cccc(C(C)CCl)c1. The van der Waals surface area contributed by atoms with Crippen LogP contribution in [-0.2, 0) is 0 Å². The Kier molecular flexibility index (Phi) is 2.95. The third-order valence-corrected chi connectivity index (χ3v) is 2.31. The standard InChI is InChI=1S/C10H13Cl/c1-8-4-3-5-10(6-8)9(2)7-11/h3-6,9H,7H2,1-2H3. The maximum atomic E-state index is 5.74. The topological polar surface area (TPSA) is 0 Å². The van der Waals surface area contributed by atoms with Crippen LogP contribution in [0.3, 0.4) is 0 Å². The lowest BCUT2D eigenvalue weighted by Crippen LogP contribution is -1.94. The Morgan fingerprint density at radius 2 is 2.18 bits per heavy atom. The maximum absolute atomic E-state index is 5.74. The fourth-order valence-corrected chi connectivity index (χ4v) is 1.24. The van der Waals surface area contributed by atoms with Gasteiger partial charge in [0.05, 0.1) is 0 Å². The molecule has 0 aliphatic heterocycles. The smallest absolute Gasteiger partial charge is 0.0289 e. The number of benzene rings is 1. The van der Waals surface area contributed by atoms with Crippen molar-refractivity contribution in [3.63, 3.8) is 0 Å². The van der Waals surface area contributed by atoms with Gasteiger partial charge in [0.2, 0.25) is 0 Å². The lowest BCUT2D eigenvalue weighted by atomic mass is 10.0. The van der Waals surface area contributed by atoms with Crippen molar-refractivity contribution in [1.82, 2.24) is 0 Å². The quantitative estimate of drug-likeness (QED) is 0.595. The van der Waals surface area contributed by atoms with Crippen molar-refractivity contribution < 1.29 is 0 Å². The molecule has 0 nitrogen and oxygen atoms in total. The summed E-state index contributed by atoms with van der Waals surface area (Å²) in [5.41, 5.74) is 2.64. The predicted molar refractivity (Wildman–Crippen MR) is 50.3 cm³/mol. The normalized spacial score (nSPS) is 13.0. The number of hydrogen-bond acceptors (Lipinski definition) is 0. The van der Waals surface area contributed by atoms with Crippen molar-refractivity contribution in [2.75, 3.05) is 5.88 Å². The second-order valence-corrected chi connectivity index (χ2v) is 3.28. The van der Waals surface area contributed by atoms with Crippen LogP contribution in [-0.4, -0.2) is 5.88 Å². The Bertz CT molecular complexity index is 230. The summed E-state index contributed by atoms with van der Waals surface area (Å²) >= 11 is 5.74. The highest BCUT2D eigenvalue weighted by molar-refractivity contribution is 6.18. The Labute approximate surface area is 73.2 Å². The molecule has 0 amide bonds. The molecule has 0 radical (unpaired) electrons. The molecule has 0 fully saturated rings. The molecular weight excluding hydrogens is 156 g/mol. The van der Waals surface area contributed by atoms with Crippen LogP contribution in [0.4, 0.5) is 0 Å². The summed E-state index contributed by atoms with van der Waals surface area (Å²) < 4.78 is 0. The molecule has 1 atom stereocenters. The minimum Gasteiger partial charge on any atom is -0.126 e. The van der Waals surface area contributed by atoms with E-state index in [4.69, 9.17) is 11.6 Å². The fourth-order valence-electron chi connectivity index (χ4n) is 1.07. The van der Waals surface area contributed by atoms with E-state index in [9.17, 15) is 0 Å². The van der Waals surface area contributed by atoms with E-state index < -0.39 is 0 Å². The molecule has 11 heavy (non-hydrogen) atoms. The monoisotopic (exact) mass is 168 g/mol. The molecular formula is C10H13Cl. The first-order valence-electron chi connectivity index (χ1n) is 3.86. The zero-order valence-electron chi connectivity index (χ0n) is 6.97. The van der Waals surface area contributed by atoms with Gasteiger partial charge in [0.25, 0.3) is 0 Å². The third kappa shape index (κ3) is 2.23.